The number of urea groups is 1. The number of likely N-dealkylation sites (N-methyl/N-ethyl adjacent to an activating group) is 1. The molecule has 3 aromatic rings. The first-order chi connectivity index (χ1) is 22.3. The third-order valence-electron chi connectivity index (χ3n) is 10.3. The van der Waals surface area contributed by atoms with Gasteiger partial charge in [0.15, 0.2) is 6.10 Å². The van der Waals surface area contributed by atoms with E-state index in [4.69, 9.17) is 4.74 Å². The van der Waals surface area contributed by atoms with Crippen molar-refractivity contribution in [2.75, 3.05) is 64.7 Å². The van der Waals surface area contributed by atoms with E-state index < -0.39 is 12.2 Å². The molecule has 0 unspecified atom stereocenters. The molecule has 3 saturated heterocycles. The molecule has 4 amide bonds. The number of thiophene rings is 1. The van der Waals surface area contributed by atoms with Gasteiger partial charge < -0.3 is 29.7 Å². The Balaban J connectivity index is 1.00. The van der Waals surface area contributed by atoms with Gasteiger partial charge in [-0.25, -0.2) is 9.59 Å². The monoisotopic (exact) mass is 648 g/mol. The molecule has 246 valence electrons. The Bertz CT molecular complexity index is 1570. The molecule has 4 aliphatic rings. The quantitative estimate of drug-likeness (QED) is 0.419. The van der Waals surface area contributed by atoms with Gasteiger partial charge in [0, 0.05) is 87.2 Å². The van der Waals surface area contributed by atoms with E-state index in [9.17, 15) is 14.4 Å². The number of benzene rings is 1. The van der Waals surface area contributed by atoms with Gasteiger partial charge in [-0.1, -0.05) is 6.07 Å². The first-order valence-electron chi connectivity index (χ1n) is 16.5. The molecule has 0 aliphatic carbocycles. The summed E-state index contributed by atoms with van der Waals surface area (Å²) in [7, 11) is 2.17. The smallest absolute Gasteiger partial charge is 0.410 e. The second-order valence-electron chi connectivity index (χ2n) is 13.3. The molecular formula is C33H44N8O4S. The van der Waals surface area contributed by atoms with Gasteiger partial charge in [0.25, 0.3) is 5.91 Å². The van der Waals surface area contributed by atoms with Gasteiger partial charge in [0.1, 0.15) is 0 Å². The second-order valence-corrected chi connectivity index (χ2v) is 14.0. The highest BCUT2D eigenvalue weighted by Gasteiger charge is 2.37. The van der Waals surface area contributed by atoms with Crippen LogP contribution in [0, 0.1) is 6.92 Å². The van der Waals surface area contributed by atoms with Gasteiger partial charge in [0.05, 0.1) is 23.9 Å². The van der Waals surface area contributed by atoms with Crippen molar-refractivity contribution in [1.29, 1.82) is 0 Å². The Labute approximate surface area is 273 Å². The van der Waals surface area contributed by atoms with Crippen molar-refractivity contribution in [2.45, 2.75) is 63.8 Å². The molecule has 12 nitrogen and oxygen atoms in total. The third-order valence-corrected chi connectivity index (χ3v) is 11.1. The minimum Gasteiger partial charge on any atom is -0.436 e. The Hall–Kier alpha value is -3.68. The van der Waals surface area contributed by atoms with Crippen LogP contribution in [0.2, 0.25) is 0 Å². The normalized spacial score (nSPS) is 21.3. The van der Waals surface area contributed by atoms with Crippen LogP contribution < -0.4 is 5.32 Å². The zero-order valence-electron chi connectivity index (χ0n) is 26.7. The van der Waals surface area contributed by atoms with Crippen LogP contribution in [0.1, 0.15) is 42.4 Å². The average Bonchev–Trinajstić information content (AvgIpc) is 3.74. The van der Waals surface area contributed by atoms with Crippen molar-refractivity contribution in [3.05, 3.63) is 45.8 Å². The van der Waals surface area contributed by atoms with E-state index in [1.165, 1.54) is 0 Å². The van der Waals surface area contributed by atoms with Gasteiger partial charge in [-0.3, -0.25) is 14.8 Å². The van der Waals surface area contributed by atoms with Crippen LogP contribution in [0.5, 0.6) is 0 Å². The largest absolute Gasteiger partial charge is 0.436 e. The fourth-order valence-electron chi connectivity index (χ4n) is 7.51. The number of nitrogens with one attached hydrogen (secondary N) is 2. The van der Waals surface area contributed by atoms with Crippen molar-refractivity contribution in [1.82, 2.24) is 34.7 Å². The van der Waals surface area contributed by atoms with Crippen molar-refractivity contribution in [2.24, 2.45) is 0 Å². The first kappa shape index (κ1) is 30.9. The molecule has 0 radical (unpaired) electrons. The number of piperidine rings is 2. The maximum atomic E-state index is 14.1. The topological polar surface area (TPSA) is 117 Å². The summed E-state index contributed by atoms with van der Waals surface area (Å²) in [6.07, 6.45) is 3.89. The molecule has 2 N–H and O–H groups in total. The number of hydrogen-bond acceptors (Lipinski definition) is 8. The molecule has 0 bridgehead atoms. The Morgan fingerprint density at radius 1 is 0.978 bits per heavy atom. The van der Waals surface area contributed by atoms with E-state index >= 15 is 0 Å². The zero-order chi connectivity index (χ0) is 31.8. The lowest BCUT2D eigenvalue weighted by Gasteiger charge is -2.42. The number of hydrogen-bond donors (Lipinski definition) is 2. The highest BCUT2D eigenvalue weighted by atomic mass is 32.1. The van der Waals surface area contributed by atoms with Crippen molar-refractivity contribution in [3.63, 3.8) is 0 Å². The minimum absolute atomic E-state index is 0.0424. The standard InChI is InChI=1S/C33H44N8O4S/c1-22-15-23(16-24-18-34-36-30(22)24)17-29(31(42)39-7-3-26(4-8-39)38-13-11-37(2)12-14-38)45-33(44)40-9-5-27(6-10-40)41-19-25-20-46-21-28(25)35-32(41)43/h15-16,18,20-21,26-27,29H,3-14,17,19H2,1-2H3,(H,34,36)(H,35,43)/t29-/m1/s1. The van der Waals surface area contributed by atoms with Crippen LogP contribution in [-0.2, 0) is 22.5 Å². The second kappa shape index (κ2) is 13.2. The molecule has 1 aromatic carbocycles. The summed E-state index contributed by atoms with van der Waals surface area (Å²) in [5.74, 6) is -0.124. The number of amides is 4. The summed E-state index contributed by atoms with van der Waals surface area (Å²) in [4.78, 5) is 50.8. The maximum Gasteiger partial charge on any atom is 0.410 e. The lowest BCUT2D eigenvalue weighted by molar-refractivity contribution is -0.142. The Kier molecular flexibility index (Phi) is 8.88. The number of ether oxygens (including phenoxy) is 1. The van der Waals surface area contributed by atoms with E-state index in [-0.39, 0.29) is 18.0 Å². The summed E-state index contributed by atoms with van der Waals surface area (Å²) in [6.45, 7) is 9.17. The van der Waals surface area contributed by atoms with E-state index in [1.807, 2.05) is 34.2 Å². The average molecular weight is 649 g/mol. The number of anilines is 1. The molecule has 13 heteroatoms. The van der Waals surface area contributed by atoms with Crippen molar-refractivity contribution in [3.8, 4) is 0 Å². The lowest BCUT2D eigenvalue weighted by atomic mass is 9.99. The molecule has 7 rings (SSSR count). The number of rotatable bonds is 6. The molecule has 3 fully saturated rings. The molecule has 2 aromatic heterocycles. The number of fused-ring (bicyclic) bond motifs is 2. The summed E-state index contributed by atoms with van der Waals surface area (Å²) in [5, 5.41) is 15.2. The predicted molar refractivity (Wildman–Crippen MR) is 177 cm³/mol. The van der Waals surface area contributed by atoms with E-state index in [1.54, 1.807) is 22.4 Å². The number of nitrogens with zero attached hydrogens (tertiary/aromatic N) is 6. The zero-order valence-corrected chi connectivity index (χ0v) is 27.6. The van der Waals surface area contributed by atoms with Gasteiger partial charge in [-0.15, -0.1) is 11.3 Å². The number of likely N-dealkylation sites (tertiary alicyclic amines) is 2. The number of aromatic nitrogens is 2. The molecule has 6 heterocycles. The summed E-state index contributed by atoms with van der Waals surface area (Å²) in [5.41, 5.74) is 4.97. The van der Waals surface area contributed by atoms with Gasteiger partial charge >= 0.3 is 12.1 Å². The molecule has 0 spiro atoms. The molecular weight excluding hydrogens is 604 g/mol. The predicted octanol–water partition coefficient (Wildman–Crippen LogP) is 3.73. The maximum absolute atomic E-state index is 14.1. The van der Waals surface area contributed by atoms with Crippen molar-refractivity contribution < 1.29 is 19.1 Å². The summed E-state index contributed by atoms with van der Waals surface area (Å²) >= 11 is 1.59. The van der Waals surface area contributed by atoms with Crippen LogP contribution in [-0.4, -0.2) is 130 Å². The first-order valence-corrected chi connectivity index (χ1v) is 17.5. The molecule has 0 saturated carbocycles. The Morgan fingerprint density at radius 2 is 1.70 bits per heavy atom. The molecule has 4 aliphatic heterocycles. The van der Waals surface area contributed by atoms with Gasteiger partial charge in [-0.2, -0.15) is 5.10 Å². The van der Waals surface area contributed by atoms with Crippen molar-refractivity contribution >= 4 is 46.0 Å². The van der Waals surface area contributed by atoms with Crippen LogP contribution in [0.4, 0.5) is 15.3 Å². The molecule has 46 heavy (non-hydrogen) atoms. The SMILES string of the molecule is Cc1cc(C[C@@H](OC(=O)N2CCC(N3Cc4cscc4NC3=O)CC2)C(=O)N2CCC(N3CCN(C)CC3)CC2)cc2cn[nH]c12. The van der Waals surface area contributed by atoms with Crippen LogP contribution in [0.25, 0.3) is 10.9 Å². The van der Waals surface area contributed by atoms with Gasteiger partial charge in [0.2, 0.25) is 0 Å². The highest BCUT2D eigenvalue weighted by Crippen LogP contribution is 2.31. The number of aryl methyl sites for hydroxylation is 1. The number of carbonyl (C=O) groups excluding carboxylic acids is 3. The number of carbonyl (C=O) groups is 3. The number of piperazine rings is 1. The fourth-order valence-corrected chi connectivity index (χ4v) is 8.30. The Morgan fingerprint density at radius 3 is 2.46 bits per heavy atom. The van der Waals surface area contributed by atoms with Crippen LogP contribution >= 0.6 is 11.3 Å². The van der Waals surface area contributed by atoms with E-state index in [0.29, 0.717) is 58.0 Å². The minimum atomic E-state index is -0.918. The van der Waals surface area contributed by atoms with Crippen LogP contribution in [0.3, 0.4) is 0 Å². The summed E-state index contributed by atoms with van der Waals surface area (Å²) < 4.78 is 6.10. The number of H-pyrrole nitrogens is 1. The highest BCUT2D eigenvalue weighted by molar-refractivity contribution is 7.08. The fraction of sp³-hybridized carbons (Fsp3) is 0.576. The molecule has 1 atom stereocenters. The van der Waals surface area contributed by atoms with E-state index in [0.717, 1.165) is 72.3 Å². The van der Waals surface area contributed by atoms with Gasteiger partial charge in [-0.05, 0) is 62.2 Å². The third kappa shape index (κ3) is 6.45. The van der Waals surface area contributed by atoms with Crippen LogP contribution in [0.15, 0.2) is 29.1 Å². The number of aromatic amines is 1. The lowest BCUT2D eigenvalue weighted by Crippen LogP contribution is -2.54. The summed E-state index contributed by atoms with van der Waals surface area (Å²) in [6, 6.07) is 4.51. The van der Waals surface area contributed by atoms with E-state index in [2.05, 4.69) is 37.7 Å².